The Morgan fingerprint density at radius 1 is 1.09 bits per heavy atom. The molecular formula is C38H54N4O5. The highest BCUT2D eigenvalue weighted by Gasteiger charge is 2.71. The highest BCUT2D eigenvalue weighted by molar-refractivity contribution is 5.73. The summed E-state index contributed by atoms with van der Waals surface area (Å²) in [5.41, 5.74) is 0.743. The zero-order valence-corrected chi connectivity index (χ0v) is 29.5. The molecule has 0 amide bonds. The molecule has 256 valence electrons. The standard InChI is InChI=1S/C38H54N4O5/c1-22(2)23(3)34(4)14-15-36(6)25-9-10-28-35(5)19-47-20-38(28,26(25)11-13-37(36,7)30(34)33(44)45)18-27(31(35)43)42-32(40-21-41-42)24-12-16-39-29(17-24)46-8/h11-12,16-17,21-23,25,27-28,30-31,43H,9-10,13-15,18-20H2,1-8H3,(H,44,45)/t23-,25+,27-,28+,30-,31+,34-,35-,36-,37+,38+/m1/s1. The monoisotopic (exact) mass is 646 g/mol. The molecule has 4 aliphatic carbocycles. The average Bonchev–Trinajstić information content (AvgIpc) is 3.53. The number of ether oxygens (including phenoxy) is 2. The number of carboxylic acid groups (broad SMARTS) is 1. The summed E-state index contributed by atoms with van der Waals surface area (Å²) in [7, 11) is 1.60. The van der Waals surface area contributed by atoms with Crippen molar-refractivity contribution in [2.24, 2.45) is 56.7 Å². The summed E-state index contributed by atoms with van der Waals surface area (Å²) in [6, 6.07) is 3.47. The number of methoxy groups -OCH3 is 1. The second-order valence-corrected chi connectivity index (χ2v) is 17.2. The fraction of sp³-hybridized carbons (Fsp3) is 0.737. The van der Waals surface area contributed by atoms with Gasteiger partial charge in [-0.3, -0.25) is 4.79 Å². The van der Waals surface area contributed by atoms with Gasteiger partial charge in [0.05, 0.1) is 38.4 Å². The van der Waals surface area contributed by atoms with E-state index in [0.29, 0.717) is 43.2 Å². The number of aliphatic hydroxyl groups is 1. The molecule has 2 aromatic rings. The van der Waals surface area contributed by atoms with Crippen LogP contribution in [0.25, 0.3) is 11.4 Å². The van der Waals surface area contributed by atoms with Crippen molar-refractivity contribution in [3.63, 3.8) is 0 Å². The van der Waals surface area contributed by atoms with Gasteiger partial charge in [0, 0.05) is 28.7 Å². The van der Waals surface area contributed by atoms with E-state index in [9.17, 15) is 15.0 Å². The Morgan fingerprint density at radius 3 is 2.55 bits per heavy atom. The maximum atomic E-state index is 13.4. The van der Waals surface area contributed by atoms with Crippen molar-refractivity contribution in [1.29, 1.82) is 0 Å². The van der Waals surface area contributed by atoms with E-state index >= 15 is 0 Å². The molecule has 11 atom stereocenters. The Bertz CT molecular complexity index is 1590. The van der Waals surface area contributed by atoms with Gasteiger partial charge in [0.1, 0.15) is 6.33 Å². The van der Waals surface area contributed by atoms with Crippen molar-refractivity contribution in [1.82, 2.24) is 19.7 Å². The molecule has 1 saturated heterocycles. The Hall–Kier alpha value is -2.78. The summed E-state index contributed by atoms with van der Waals surface area (Å²) < 4.78 is 13.8. The van der Waals surface area contributed by atoms with Crippen molar-refractivity contribution in [2.45, 2.75) is 99.1 Å². The molecule has 3 heterocycles. The van der Waals surface area contributed by atoms with Gasteiger partial charge < -0.3 is 19.7 Å². The lowest BCUT2D eigenvalue weighted by Gasteiger charge is -2.71. The summed E-state index contributed by atoms with van der Waals surface area (Å²) in [6.45, 7) is 17.1. The number of hydrogen-bond donors (Lipinski definition) is 2. The molecule has 0 spiro atoms. The maximum Gasteiger partial charge on any atom is 0.307 e. The van der Waals surface area contributed by atoms with Crippen LogP contribution in [-0.2, 0) is 9.53 Å². The van der Waals surface area contributed by atoms with Crippen LogP contribution in [0.3, 0.4) is 0 Å². The molecule has 9 nitrogen and oxygen atoms in total. The van der Waals surface area contributed by atoms with E-state index in [1.807, 2.05) is 16.8 Å². The van der Waals surface area contributed by atoms with Crippen LogP contribution in [0.4, 0.5) is 0 Å². The van der Waals surface area contributed by atoms with E-state index in [1.54, 1.807) is 19.6 Å². The number of rotatable bonds is 6. The van der Waals surface area contributed by atoms with Gasteiger partial charge in [-0.25, -0.2) is 14.6 Å². The van der Waals surface area contributed by atoms with Crippen molar-refractivity contribution in [3.8, 4) is 17.3 Å². The summed E-state index contributed by atoms with van der Waals surface area (Å²) >= 11 is 0. The molecule has 0 radical (unpaired) electrons. The fourth-order valence-electron chi connectivity index (χ4n) is 12.2. The zero-order chi connectivity index (χ0) is 33.7. The van der Waals surface area contributed by atoms with Gasteiger partial charge in [0.15, 0.2) is 5.82 Å². The largest absolute Gasteiger partial charge is 0.481 e. The third kappa shape index (κ3) is 4.26. The number of allylic oxidation sites excluding steroid dienone is 1. The Morgan fingerprint density at radius 2 is 1.85 bits per heavy atom. The van der Waals surface area contributed by atoms with E-state index in [1.165, 1.54) is 5.57 Å². The van der Waals surface area contributed by atoms with Gasteiger partial charge in [0.25, 0.3) is 0 Å². The van der Waals surface area contributed by atoms with Crippen molar-refractivity contribution >= 4 is 5.97 Å². The minimum atomic E-state index is -0.670. The van der Waals surface area contributed by atoms with Crippen LogP contribution in [0.2, 0.25) is 0 Å². The Balaban J connectivity index is 1.33. The molecule has 7 rings (SSSR count). The number of nitrogens with zero attached hydrogens (tertiary/aromatic N) is 4. The lowest BCUT2D eigenvalue weighted by atomic mass is 9.34. The van der Waals surface area contributed by atoms with Crippen LogP contribution in [0.5, 0.6) is 5.88 Å². The number of pyridine rings is 1. The molecule has 0 unspecified atom stereocenters. The molecule has 1 aliphatic heterocycles. The van der Waals surface area contributed by atoms with Crippen LogP contribution in [0.1, 0.15) is 93.0 Å². The molecule has 5 aliphatic rings. The molecule has 9 heteroatoms. The van der Waals surface area contributed by atoms with E-state index in [2.05, 4.69) is 64.5 Å². The average molecular weight is 647 g/mol. The lowest BCUT2D eigenvalue weighted by Crippen LogP contribution is -2.68. The molecular weight excluding hydrogens is 592 g/mol. The van der Waals surface area contributed by atoms with Gasteiger partial charge in [-0.15, -0.1) is 0 Å². The van der Waals surface area contributed by atoms with Crippen LogP contribution in [0.15, 0.2) is 36.3 Å². The molecule has 2 bridgehead atoms. The molecule has 3 saturated carbocycles. The van der Waals surface area contributed by atoms with Crippen molar-refractivity contribution in [2.75, 3.05) is 20.3 Å². The van der Waals surface area contributed by atoms with Gasteiger partial charge >= 0.3 is 5.97 Å². The number of carbonyl (C=O) groups is 1. The minimum Gasteiger partial charge on any atom is -0.481 e. The topological polar surface area (TPSA) is 120 Å². The van der Waals surface area contributed by atoms with Crippen LogP contribution < -0.4 is 4.74 Å². The number of aromatic nitrogens is 4. The number of hydrogen-bond acceptors (Lipinski definition) is 7. The molecule has 0 aromatic carbocycles. The highest BCUT2D eigenvalue weighted by Crippen LogP contribution is 2.75. The molecule has 2 aromatic heterocycles. The molecule has 2 N–H and O–H groups in total. The minimum absolute atomic E-state index is 0.165. The highest BCUT2D eigenvalue weighted by atomic mass is 16.5. The normalized spacial score (nSPS) is 43.3. The van der Waals surface area contributed by atoms with E-state index < -0.39 is 23.4 Å². The number of aliphatic hydroxyl groups excluding tert-OH is 1. The predicted octanol–water partition coefficient (Wildman–Crippen LogP) is 6.84. The second-order valence-electron chi connectivity index (χ2n) is 17.2. The SMILES string of the molecule is COc1cc(-c2ncnn2[C@@H]2C[C@@]34COC[C@](C)([C@@H]3CC[C@H]3C4=CC[C@@]4(C)[C@H](C(=O)O)[C@@](C)([C@H](C)C(C)C)CC[C@]34C)[C@H]2O)ccn1. The summed E-state index contributed by atoms with van der Waals surface area (Å²) in [4.78, 5) is 22.3. The number of aliphatic carboxylic acids is 1. The fourth-order valence-corrected chi connectivity index (χ4v) is 12.2. The van der Waals surface area contributed by atoms with Gasteiger partial charge in [-0.1, -0.05) is 60.1 Å². The quantitative estimate of drug-likeness (QED) is 0.328. The van der Waals surface area contributed by atoms with E-state index in [4.69, 9.17) is 14.6 Å². The third-order valence-electron chi connectivity index (χ3n) is 15.2. The first kappa shape index (κ1) is 32.8. The first-order valence-corrected chi connectivity index (χ1v) is 17.8. The first-order chi connectivity index (χ1) is 22.2. The summed E-state index contributed by atoms with van der Waals surface area (Å²) in [6.07, 6.45) is 10.5. The van der Waals surface area contributed by atoms with E-state index in [0.717, 1.165) is 37.7 Å². The van der Waals surface area contributed by atoms with E-state index in [-0.39, 0.29) is 39.5 Å². The van der Waals surface area contributed by atoms with Crippen LogP contribution in [0, 0.1) is 56.7 Å². The first-order valence-electron chi connectivity index (χ1n) is 17.8. The summed E-state index contributed by atoms with van der Waals surface area (Å²) in [5.74, 6) is 1.37. The summed E-state index contributed by atoms with van der Waals surface area (Å²) in [5, 5.41) is 28.0. The molecule has 4 fully saturated rings. The molecule has 47 heavy (non-hydrogen) atoms. The predicted molar refractivity (Wildman–Crippen MR) is 178 cm³/mol. The smallest absolute Gasteiger partial charge is 0.307 e. The second kappa shape index (κ2) is 10.9. The maximum absolute atomic E-state index is 13.4. The number of fused-ring (bicyclic) bond motifs is 3. The Labute approximate surface area is 279 Å². The van der Waals surface area contributed by atoms with Crippen molar-refractivity contribution in [3.05, 3.63) is 36.3 Å². The van der Waals surface area contributed by atoms with Crippen molar-refractivity contribution < 1.29 is 24.5 Å². The van der Waals surface area contributed by atoms with Gasteiger partial charge in [-0.2, -0.15) is 5.10 Å². The van der Waals surface area contributed by atoms with Gasteiger partial charge in [0.2, 0.25) is 5.88 Å². The third-order valence-corrected chi connectivity index (χ3v) is 15.2. The van der Waals surface area contributed by atoms with Crippen LogP contribution >= 0.6 is 0 Å². The Kier molecular flexibility index (Phi) is 7.57. The van der Waals surface area contributed by atoms with Crippen LogP contribution in [-0.4, -0.2) is 62.4 Å². The number of carboxylic acids is 1. The zero-order valence-electron chi connectivity index (χ0n) is 29.5. The van der Waals surface area contributed by atoms with Gasteiger partial charge in [-0.05, 0) is 84.5 Å². The lowest BCUT2D eigenvalue weighted by molar-refractivity contribution is -0.240.